The van der Waals surface area contributed by atoms with E-state index in [0.717, 1.165) is 24.0 Å². The Bertz CT molecular complexity index is 493. The van der Waals surface area contributed by atoms with Crippen LogP contribution in [0.3, 0.4) is 0 Å². The highest BCUT2D eigenvalue weighted by Crippen LogP contribution is 2.24. The minimum atomic E-state index is 0.191. The van der Waals surface area contributed by atoms with Gasteiger partial charge in [-0.15, -0.1) is 0 Å². The van der Waals surface area contributed by atoms with E-state index in [2.05, 4.69) is 17.2 Å². The maximum Gasteiger partial charge on any atom is 0.223 e. The van der Waals surface area contributed by atoms with Gasteiger partial charge in [-0.05, 0) is 30.5 Å². The molecule has 0 saturated heterocycles. The second-order valence-electron chi connectivity index (χ2n) is 4.91. The summed E-state index contributed by atoms with van der Waals surface area (Å²) in [4.78, 5) is 11.9. The first-order chi connectivity index (χ1) is 9.29. The average molecular weight is 256 g/mol. The molecule has 1 aromatic carbocycles. The molecule has 0 atom stereocenters. The van der Waals surface area contributed by atoms with Gasteiger partial charge in [0.1, 0.15) is 0 Å². The van der Waals surface area contributed by atoms with E-state index in [-0.39, 0.29) is 11.8 Å². The molecule has 19 heavy (non-hydrogen) atoms. The van der Waals surface area contributed by atoms with Gasteiger partial charge < -0.3 is 11.1 Å². The van der Waals surface area contributed by atoms with Crippen LogP contribution in [0.1, 0.15) is 36.8 Å². The monoisotopic (exact) mass is 256 g/mol. The predicted molar refractivity (Wildman–Crippen MR) is 76.2 cm³/mol. The maximum absolute atomic E-state index is 11.9. The number of nitrogens with two attached hydrogens (primary N) is 1. The molecular weight excluding hydrogens is 236 g/mol. The lowest BCUT2D eigenvalue weighted by Crippen LogP contribution is -2.28. The molecule has 1 fully saturated rings. The predicted octanol–water partition coefficient (Wildman–Crippen LogP) is 1.80. The van der Waals surface area contributed by atoms with Crippen molar-refractivity contribution in [3.63, 3.8) is 0 Å². The number of amides is 1. The molecule has 3 N–H and O–H groups in total. The zero-order valence-corrected chi connectivity index (χ0v) is 11.1. The molecule has 3 nitrogen and oxygen atoms in total. The number of benzene rings is 1. The first-order valence-corrected chi connectivity index (χ1v) is 6.85. The first kappa shape index (κ1) is 13.6. The fourth-order valence-corrected chi connectivity index (χ4v) is 2.43. The molecule has 1 aliphatic carbocycles. The van der Waals surface area contributed by atoms with Gasteiger partial charge in [0.05, 0.1) is 6.54 Å². The van der Waals surface area contributed by atoms with Crippen LogP contribution in [0.25, 0.3) is 0 Å². The Morgan fingerprint density at radius 3 is 2.89 bits per heavy atom. The summed E-state index contributed by atoms with van der Waals surface area (Å²) in [6.45, 7) is 0.941. The van der Waals surface area contributed by atoms with Crippen molar-refractivity contribution in [1.29, 1.82) is 0 Å². The van der Waals surface area contributed by atoms with Gasteiger partial charge >= 0.3 is 0 Å². The molecule has 1 aromatic rings. The summed E-state index contributed by atoms with van der Waals surface area (Å²) in [7, 11) is 0. The van der Waals surface area contributed by atoms with E-state index >= 15 is 0 Å². The van der Waals surface area contributed by atoms with E-state index in [1.165, 1.54) is 12.8 Å². The SMILES string of the molecule is NCC#Cc1cccc(CNC(=O)C2CCCC2)c1. The van der Waals surface area contributed by atoms with Crippen LogP contribution >= 0.6 is 0 Å². The number of carbonyl (C=O) groups is 1. The highest BCUT2D eigenvalue weighted by molar-refractivity contribution is 5.78. The molecular formula is C16H20N2O. The third-order valence-corrected chi connectivity index (χ3v) is 3.45. The fraction of sp³-hybridized carbons (Fsp3) is 0.438. The van der Waals surface area contributed by atoms with Gasteiger partial charge in [0.15, 0.2) is 0 Å². The molecule has 0 radical (unpaired) electrons. The van der Waals surface area contributed by atoms with Crippen LogP contribution in [0.15, 0.2) is 24.3 Å². The van der Waals surface area contributed by atoms with Gasteiger partial charge in [0.25, 0.3) is 0 Å². The standard InChI is InChI=1S/C16H20N2O/c17-10-4-7-13-5-3-6-14(11-13)12-18-16(19)15-8-1-2-9-15/h3,5-6,11,15H,1-2,8-10,12,17H2,(H,18,19). The lowest BCUT2D eigenvalue weighted by atomic mass is 10.1. The molecule has 2 rings (SSSR count). The largest absolute Gasteiger partial charge is 0.352 e. The molecule has 1 saturated carbocycles. The van der Waals surface area contributed by atoms with Gasteiger partial charge in [0.2, 0.25) is 5.91 Å². The van der Waals surface area contributed by atoms with Crippen LogP contribution < -0.4 is 11.1 Å². The van der Waals surface area contributed by atoms with Crippen molar-refractivity contribution >= 4 is 5.91 Å². The molecule has 3 heteroatoms. The normalized spacial score (nSPS) is 14.8. The van der Waals surface area contributed by atoms with Crippen molar-refractivity contribution < 1.29 is 4.79 Å². The molecule has 1 amide bonds. The topological polar surface area (TPSA) is 55.1 Å². The smallest absolute Gasteiger partial charge is 0.223 e. The van der Waals surface area contributed by atoms with Crippen molar-refractivity contribution in [1.82, 2.24) is 5.32 Å². The molecule has 100 valence electrons. The number of hydrogen-bond donors (Lipinski definition) is 2. The fourth-order valence-electron chi connectivity index (χ4n) is 2.43. The highest BCUT2D eigenvalue weighted by Gasteiger charge is 2.21. The first-order valence-electron chi connectivity index (χ1n) is 6.85. The Morgan fingerprint density at radius 1 is 1.37 bits per heavy atom. The highest BCUT2D eigenvalue weighted by atomic mass is 16.1. The quantitative estimate of drug-likeness (QED) is 0.810. The van der Waals surface area contributed by atoms with Gasteiger partial charge in [0, 0.05) is 18.0 Å². The number of nitrogens with one attached hydrogen (secondary N) is 1. The summed E-state index contributed by atoms with van der Waals surface area (Å²) in [5, 5.41) is 3.01. The van der Waals surface area contributed by atoms with Crippen molar-refractivity contribution in [3.05, 3.63) is 35.4 Å². The van der Waals surface area contributed by atoms with Crippen LogP contribution in [-0.2, 0) is 11.3 Å². The van der Waals surface area contributed by atoms with Crippen LogP contribution in [0.4, 0.5) is 0 Å². The van der Waals surface area contributed by atoms with E-state index in [1.807, 2.05) is 24.3 Å². The van der Waals surface area contributed by atoms with Crippen molar-refractivity contribution in [3.8, 4) is 11.8 Å². The molecule has 0 unspecified atom stereocenters. The number of carbonyl (C=O) groups excluding carboxylic acids is 1. The summed E-state index contributed by atoms with van der Waals surface area (Å²) in [5.41, 5.74) is 7.37. The molecule has 0 bridgehead atoms. The van der Waals surface area contributed by atoms with E-state index in [1.54, 1.807) is 0 Å². The third-order valence-electron chi connectivity index (χ3n) is 3.45. The second-order valence-corrected chi connectivity index (χ2v) is 4.91. The number of hydrogen-bond acceptors (Lipinski definition) is 2. The van der Waals surface area contributed by atoms with Gasteiger partial charge in [-0.25, -0.2) is 0 Å². The Balaban J connectivity index is 1.90. The van der Waals surface area contributed by atoms with Crippen molar-refractivity contribution in [2.75, 3.05) is 6.54 Å². The van der Waals surface area contributed by atoms with Crippen LogP contribution in [0.2, 0.25) is 0 Å². The zero-order chi connectivity index (χ0) is 13.5. The van der Waals surface area contributed by atoms with Crippen LogP contribution in [-0.4, -0.2) is 12.5 Å². The summed E-state index contributed by atoms with van der Waals surface area (Å²) in [6, 6.07) is 7.91. The maximum atomic E-state index is 11.9. The second kappa shape index (κ2) is 6.96. The minimum absolute atomic E-state index is 0.191. The van der Waals surface area contributed by atoms with Gasteiger partial charge in [-0.3, -0.25) is 4.79 Å². The molecule has 0 aliphatic heterocycles. The Labute approximate surface area is 114 Å². The van der Waals surface area contributed by atoms with Crippen molar-refractivity contribution in [2.24, 2.45) is 11.7 Å². The average Bonchev–Trinajstić information content (AvgIpc) is 2.97. The Hall–Kier alpha value is -1.79. The van der Waals surface area contributed by atoms with Crippen LogP contribution in [0.5, 0.6) is 0 Å². The summed E-state index contributed by atoms with van der Waals surface area (Å²) < 4.78 is 0. The Morgan fingerprint density at radius 2 is 2.16 bits per heavy atom. The van der Waals surface area contributed by atoms with Crippen LogP contribution in [0, 0.1) is 17.8 Å². The summed E-state index contributed by atoms with van der Waals surface area (Å²) >= 11 is 0. The van der Waals surface area contributed by atoms with E-state index in [0.29, 0.717) is 13.1 Å². The van der Waals surface area contributed by atoms with E-state index < -0.39 is 0 Å². The summed E-state index contributed by atoms with van der Waals surface area (Å²) in [5.74, 6) is 6.24. The molecule has 1 aliphatic rings. The zero-order valence-electron chi connectivity index (χ0n) is 11.1. The van der Waals surface area contributed by atoms with Gasteiger partial charge in [-0.2, -0.15) is 0 Å². The lowest BCUT2D eigenvalue weighted by molar-refractivity contribution is -0.124. The Kier molecular flexibility index (Phi) is 5.00. The molecule has 0 heterocycles. The third kappa shape index (κ3) is 4.11. The van der Waals surface area contributed by atoms with Crippen molar-refractivity contribution in [2.45, 2.75) is 32.2 Å². The van der Waals surface area contributed by atoms with Gasteiger partial charge in [-0.1, -0.05) is 36.8 Å². The van der Waals surface area contributed by atoms with E-state index in [9.17, 15) is 4.79 Å². The van der Waals surface area contributed by atoms with E-state index in [4.69, 9.17) is 5.73 Å². The summed E-state index contributed by atoms with van der Waals surface area (Å²) in [6.07, 6.45) is 4.44. The minimum Gasteiger partial charge on any atom is -0.352 e. The molecule has 0 spiro atoms. The lowest BCUT2D eigenvalue weighted by Gasteiger charge is -2.10. The molecule has 0 aromatic heterocycles. The number of rotatable bonds is 3.